The first kappa shape index (κ1) is 24.4. The highest BCUT2D eigenvalue weighted by Crippen LogP contribution is 2.40. The Morgan fingerprint density at radius 1 is 0.938 bits per heavy atom. The standard InChI is InChI=1S/C25H30Cl2F3Si2/c1-32(27)12-7-17(8-13-32)4-9-31-10-5-18(6-11-31)19-2-3-21(22(28)14-19)20-15-23(29)25(26)24(30)16-20/h2-3,14-18H,4-13H2,1H3. The lowest BCUT2D eigenvalue weighted by Crippen LogP contribution is -2.29. The Morgan fingerprint density at radius 3 is 2.16 bits per heavy atom. The van der Waals surface area contributed by atoms with Gasteiger partial charge in [-0.25, -0.2) is 13.2 Å². The van der Waals surface area contributed by atoms with Crippen LogP contribution in [0.4, 0.5) is 13.2 Å². The van der Waals surface area contributed by atoms with E-state index in [4.69, 9.17) is 22.7 Å². The van der Waals surface area contributed by atoms with Crippen molar-refractivity contribution in [2.75, 3.05) is 0 Å². The molecule has 0 amide bonds. The summed E-state index contributed by atoms with van der Waals surface area (Å²) in [5.41, 5.74) is 1.37. The number of halogens is 5. The fourth-order valence-electron chi connectivity index (χ4n) is 5.32. The van der Waals surface area contributed by atoms with Crippen LogP contribution >= 0.6 is 22.7 Å². The molecule has 0 aliphatic carbocycles. The molecule has 2 aliphatic heterocycles. The molecule has 7 heteroatoms. The van der Waals surface area contributed by atoms with Crippen LogP contribution in [0.3, 0.4) is 0 Å². The van der Waals surface area contributed by atoms with E-state index in [9.17, 15) is 13.2 Å². The lowest BCUT2D eigenvalue weighted by molar-refractivity contribution is 0.452. The van der Waals surface area contributed by atoms with Crippen LogP contribution in [0.15, 0.2) is 30.3 Å². The summed E-state index contributed by atoms with van der Waals surface area (Å²) in [6.45, 7) is 2.31. The molecule has 2 fully saturated rings. The van der Waals surface area contributed by atoms with Gasteiger partial charge in [0.25, 0.3) is 0 Å². The van der Waals surface area contributed by atoms with Crippen molar-refractivity contribution < 1.29 is 13.2 Å². The maximum atomic E-state index is 14.8. The Bertz CT molecular complexity index is 925. The summed E-state index contributed by atoms with van der Waals surface area (Å²) in [5, 5.41) is -0.562. The van der Waals surface area contributed by atoms with Crippen molar-refractivity contribution in [2.24, 2.45) is 5.92 Å². The van der Waals surface area contributed by atoms with Gasteiger partial charge >= 0.3 is 0 Å². The van der Waals surface area contributed by atoms with E-state index in [-0.39, 0.29) is 19.9 Å². The van der Waals surface area contributed by atoms with Gasteiger partial charge in [-0.15, -0.1) is 0 Å². The monoisotopic (exact) mass is 513 g/mol. The molecule has 1 radical (unpaired) electrons. The smallest absolute Gasteiger partial charge is 0.153 e. The summed E-state index contributed by atoms with van der Waals surface area (Å²) in [4.78, 5) is 0. The van der Waals surface area contributed by atoms with Crippen LogP contribution in [0, 0.1) is 23.4 Å². The molecule has 0 bridgehead atoms. The molecule has 2 saturated heterocycles. The first-order chi connectivity index (χ1) is 15.2. The quantitative estimate of drug-likeness (QED) is 0.212. The molecule has 0 saturated carbocycles. The van der Waals surface area contributed by atoms with Gasteiger partial charge < -0.3 is 0 Å². The van der Waals surface area contributed by atoms with Gasteiger partial charge in [0.05, 0.1) is 0 Å². The largest absolute Gasteiger partial charge is 0.206 e. The number of hydrogen-bond acceptors (Lipinski definition) is 0. The Labute approximate surface area is 201 Å². The molecule has 32 heavy (non-hydrogen) atoms. The Kier molecular flexibility index (Phi) is 7.80. The normalized spacial score (nSPS) is 25.2. The van der Waals surface area contributed by atoms with E-state index in [1.54, 1.807) is 12.1 Å². The molecule has 2 aromatic rings. The summed E-state index contributed by atoms with van der Waals surface area (Å²) < 4.78 is 42.4. The topological polar surface area (TPSA) is 0 Å². The molecule has 173 valence electrons. The molecule has 2 aromatic carbocycles. The van der Waals surface area contributed by atoms with Crippen LogP contribution in [-0.2, 0) is 0 Å². The molecule has 0 unspecified atom stereocenters. The summed E-state index contributed by atoms with van der Waals surface area (Å²) in [5.74, 6) is -0.928. The number of benzene rings is 2. The zero-order valence-electron chi connectivity index (χ0n) is 18.5. The molecule has 0 aromatic heterocycles. The first-order valence-electron chi connectivity index (χ1n) is 11.7. The molecular formula is C25H30Cl2F3Si2. The predicted octanol–water partition coefficient (Wildman–Crippen LogP) is 9.41. The zero-order valence-corrected chi connectivity index (χ0v) is 22.0. The SMILES string of the molecule is C[Si]1(Cl)CCC(CC[Si]2CCC(c3ccc(-c4cc(F)c(Cl)c(F)c4)c(F)c3)CC2)CC1. The third-order valence-electron chi connectivity index (χ3n) is 7.51. The summed E-state index contributed by atoms with van der Waals surface area (Å²) >= 11 is 12.2. The van der Waals surface area contributed by atoms with Crippen molar-refractivity contribution in [1.29, 1.82) is 0 Å². The van der Waals surface area contributed by atoms with Gasteiger partial charge in [-0.1, -0.05) is 67.7 Å². The molecule has 4 rings (SSSR count). The van der Waals surface area contributed by atoms with Gasteiger partial charge in [0.15, 0.2) is 7.38 Å². The summed E-state index contributed by atoms with van der Waals surface area (Å²) in [6.07, 6.45) is 6.27. The maximum absolute atomic E-state index is 14.8. The van der Waals surface area contributed by atoms with E-state index >= 15 is 0 Å². The highest BCUT2D eigenvalue weighted by atomic mass is 35.6. The summed E-state index contributed by atoms with van der Waals surface area (Å²) in [6, 6.07) is 13.8. The summed E-state index contributed by atoms with van der Waals surface area (Å²) in [7, 11) is -1.68. The van der Waals surface area contributed by atoms with E-state index in [1.165, 1.54) is 49.5 Å². The highest BCUT2D eigenvalue weighted by molar-refractivity contribution is 7.19. The third kappa shape index (κ3) is 5.83. The van der Waals surface area contributed by atoms with Crippen molar-refractivity contribution >= 4 is 38.9 Å². The van der Waals surface area contributed by atoms with Crippen molar-refractivity contribution in [3.05, 3.63) is 58.4 Å². The van der Waals surface area contributed by atoms with E-state index in [2.05, 4.69) is 6.55 Å². The van der Waals surface area contributed by atoms with E-state index < -0.39 is 29.9 Å². The zero-order chi connectivity index (χ0) is 22.9. The third-order valence-corrected chi connectivity index (χ3v) is 14.7. The van der Waals surface area contributed by atoms with Gasteiger partial charge in [-0.2, -0.15) is 11.1 Å². The van der Waals surface area contributed by atoms with Crippen LogP contribution in [0.5, 0.6) is 0 Å². The van der Waals surface area contributed by atoms with Crippen LogP contribution in [-0.4, -0.2) is 16.2 Å². The molecule has 0 atom stereocenters. The molecular weight excluding hydrogens is 484 g/mol. The molecule has 0 N–H and O–H groups in total. The molecule has 0 nitrogen and oxygen atoms in total. The minimum absolute atomic E-state index is 0.169. The second-order valence-corrected chi connectivity index (χ2v) is 19.9. The Hall–Kier alpha value is -0.756. The van der Waals surface area contributed by atoms with E-state index in [1.807, 2.05) is 6.07 Å². The van der Waals surface area contributed by atoms with Gasteiger partial charge in [-0.05, 0) is 66.1 Å². The van der Waals surface area contributed by atoms with Gasteiger partial charge in [0.2, 0.25) is 0 Å². The lowest BCUT2D eigenvalue weighted by atomic mass is 9.91. The van der Waals surface area contributed by atoms with Gasteiger partial charge in [0, 0.05) is 14.4 Å². The Balaban J connectivity index is 1.32. The minimum Gasteiger partial charge on any atom is -0.206 e. The maximum Gasteiger partial charge on any atom is 0.153 e. The molecule has 2 heterocycles. The predicted molar refractivity (Wildman–Crippen MR) is 133 cm³/mol. The van der Waals surface area contributed by atoms with Crippen LogP contribution < -0.4 is 0 Å². The van der Waals surface area contributed by atoms with Gasteiger partial charge in [-0.3, -0.25) is 0 Å². The second-order valence-electron chi connectivity index (χ2n) is 9.91. The van der Waals surface area contributed by atoms with E-state index in [0.29, 0.717) is 5.92 Å². The van der Waals surface area contributed by atoms with Crippen LogP contribution in [0.25, 0.3) is 11.1 Å². The van der Waals surface area contributed by atoms with Crippen molar-refractivity contribution in [2.45, 2.75) is 74.8 Å². The fourth-order valence-corrected chi connectivity index (χ4v) is 11.4. The van der Waals surface area contributed by atoms with Crippen molar-refractivity contribution in [3.63, 3.8) is 0 Å². The number of rotatable bonds is 5. The van der Waals surface area contributed by atoms with Crippen LogP contribution in [0.2, 0.25) is 41.8 Å². The first-order valence-corrected chi connectivity index (χ1v) is 18.1. The second kappa shape index (κ2) is 10.2. The number of hydrogen-bond donors (Lipinski definition) is 0. The van der Waals surface area contributed by atoms with Crippen molar-refractivity contribution in [1.82, 2.24) is 0 Å². The Morgan fingerprint density at radius 2 is 1.56 bits per heavy atom. The average Bonchev–Trinajstić information content (AvgIpc) is 2.77. The molecule has 0 spiro atoms. The molecule has 2 aliphatic rings. The highest BCUT2D eigenvalue weighted by Gasteiger charge is 2.32. The van der Waals surface area contributed by atoms with E-state index in [0.717, 1.165) is 36.5 Å². The van der Waals surface area contributed by atoms with Crippen molar-refractivity contribution in [3.8, 4) is 11.1 Å². The van der Waals surface area contributed by atoms with Gasteiger partial charge in [0.1, 0.15) is 22.5 Å². The lowest BCUT2D eigenvalue weighted by Gasteiger charge is -2.32. The van der Waals surface area contributed by atoms with Crippen LogP contribution in [0.1, 0.15) is 43.6 Å². The minimum atomic E-state index is -1.38. The average molecular weight is 515 g/mol. The fraction of sp³-hybridized carbons (Fsp3) is 0.520.